The first-order valence-electron chi connectivity index (χ1n) is 9.73. The van der Waals surface area contributed by atoms with Crippen molar-refractivity contribution in [3.8, 4) is 0 Å². The molecule has 1 aromatic heterocycles. The number of rotatable bonds is 6. The van der Waals surface area contributed by atoms with Crippen molar-refractivity contribution in [2.75, 3.05) is 0 Å². The predicted molar refractivity (Wildman–Crippen MR) is 117 cm³/mol. The normalized spacial score (nSPS) is 11.6. The number of fused-ring (bicyclic) bond motifs is 1. The van der Waals surface area contributed by atoms with Gasteiger partial charge < -0.3 is 10.6 Å². The first kappa shape index (κ1) is 19.3. The zero-order valence-corrected chi connectivity index (χ0v) is 16.3. The maximum atomic E-state index is 13.0. The summed E-state index contributed by atoms with van der Waals surface area (Å²) in [5.41, 5.74) is 3.01. The number of hydrogen-bond acceptors (Lipinski definition) is 3. The third-order valence-electron chi connectivity index (χ3n) is 4.85. The van der Waals surface area contributed by atoms with Gasteiger partial charge >= 0.3 is 0 Å². The lowest BCUT2D eigenvalue weighted by Crippen LogP contribution is -2.40. The Morgan fingerprint density at radius 1 is 0.833 bits per heavy atom. The molecule has 1 atom stereocenters. The van der Waals surface area contributed by atoms with E-state index in [1.807, 2.05) is 72.8 Å². The van der Waals surface area contributed by atoms with Crippen molar-refractivity contribution in [2.45, 2.75) is 12.6 Å². The Morgan fingerprint density at radius 2 is 1.57 bits per heavy atom. The molecule has 2 amide bonds. The van der Waals surface area contributed by atoms with Gasteiger partial charge in [-0.05, 0) is 35.4 Å². The Balaban J connectivity index is 1.54. The van der Waals surface area contributed by atoms with E-state index in [-0.39, 0.29) is 11.8 Å². The number of nitrogens with zero attached hydrogens (tertiary/aromatic N) is 1. The number of carbonyl (C=O) groups is 2. The van der Waals surface area contributed by atoms with Gasteiger partial charge in [-0.15, -0.1) is 0 Å². The zero-order chi connectivity index (χ0) is 20.8. The molecule has 0 spiro atoms. The average molecular weight is 395 g/mol. The summed E-state index contributed by atoms with van der Waals surface area (Å²) in [4.78, 5) is 30.2. The van der Waals surface area contributed by atoms with Crippen LogP contribution >= 0.6 is 0 Å². The van der Waals surface area contributed by atoms with Crippen molar-refractivity contribution in [2.24, 2.45) is 0 Å². The molecule has 3 aromatic carbocycles. The van der Waals surface area contributed by atoms with Crippen LogP contribution < -0.4 is 10.6 Å². The van der Waals surface area contributed by atoms with E-state index in [9.17, 15) is 9.59 Å². The Hall–Kier alpha value is -3.99. The molecule has 0 bridgehead atoms. The monoisotopic (exact) mass is 395 g/mol. The summed E-state index contributed by atoms with van der Waals surface area (Å²) in [5, 5.41) is 6.67. The van der Waals surface area contributed by atoms with E-state index in [1.165, 1.54) is 0 Å². The van der Waals surface area contributed by atoms with Crippen molar-refractivity contribution in [1.82, 2.24) is 15.6 Å². The highest BCUT2D eigenvalue weighted by atomic mass is 16.2. The highest BCUT2D eigenvalue weighted by Gasteiger charge is 2.23. The minimum absolute atomic E-state index is 0.263. The third-order valence-corrected chi connectivity index (χ3v) is 4.85. The van der Waals surface area contributed by atoms with Gasteiger partial charge in [-0.2, -0.15) is 0 Å². The van der Waals surface area contributed by atoms with E-state index in [0.717, 1.165) is 22.0 Å². The van der Waals surface area contributed by atoms with Crippen molar-refractivity contribution in [3.05, 3.63) is 114 Å². The van der Waals surface area contributed by atoms with Crippen LogP contribution in [0.2, 0.25) is 0 Å². The summed E-state index contributed by atoms with van der Waals surface area (Å²) >= 11 is 0. The number of aromatic nitrogens is 1. The summed E-state index contributed by atoms with van der Waals surface area (Å²) in [6.45, 7) is 0.389. The van der Waals surface area contributed by atoms with Crippen LogP contribution in [0.4, 0.5) is 0 Å². The standard InChI is InChI=1S/C25H21N3O2/c29-24(21-13-14-22-20(16-21)12-7-15-26-22)28-23(19-10-5-2-6-11-19)25(30)27-17-18-8-3-1-4-9-18/h1-16,23H,17H2,(H,27,30)(H,28,29). The summed E-state index contributed by atoms with van der Waals surface area (Å²) < 4.78 is 0. The van der Waals surface area contributed by atoms with Crippen LogP contribution in [0.5, 0.6) is 0 Å². The lowest BCUT2D eigenvalue weighted by atomic mass is 10.0. The lowest BCUT2D eigenvalue weighted by Gasteiger charge is -2.19. The minimum Gasteiger partial charge on any atom is -0.350 e. The zero-order valence-electron chi connectivity index (χ0n) is 16.3. The summed E-state index contributed by atoms with van der Waals surface area (Å²) in [6, 6.07) is 27.1. The van der Waals surface area contributed by atoms with Gasteiger partial charge in [0.15, 0.2) is 0 Å². The Morgan fingerprint density at radius 3 is 2.33 bits per heavy atom. The molecule has 0 aliphatic heterocycles. The summed E-state index contributed by atoms with van der Waals surface area (Å²) in [5.74, 6) is -0.578. The van der Waals surface area contributed by atoms with Crippen LogP contribution in [-0.2, 0) is 11.3 Å². The molecule has 0 aliphatic rings. The van der Waals surface area contributed by atoms with E-state index in [1.54, 1.807) is 24.4 Å². The third kappa shape index (κ3) is 4.52. The van der Waals surface area contributed by atoms with Crippen molar-refractivity contribution in [3.63, 3.8) is 0 Å². The number of hydrogen-bond donors (Lipinski definition) is 2. The fourth-order valence-electron chi connectivity index (χ4n) is 3.26. The Bertz CT molecular complexity index is 1160. The second-order valence-corrected chi connectivity index (χ2v) is 6.93. The van der Waals surface area contributed by atoms with Gasteiger partial charge in [-0.25, -0.2) is 0 Å². The molecule has 5 heteroatoms. The van der Waals surface area contributed by atoms with Crippen LogP contribution in [0.25, 0.3) is 10.9 Å². The molecule has 4 rings (SSSR count). The number of carbonyl (C=O) groups excluding carboxylic acids is 2. The molecule has 4 aromatic rings. The molecule has 5 nitrogen and oxygen atoms in total. The molecule has 1 unspecified atom stereocenters. The highest BCUT2D eigenvalue weighted by Crippen LogP contribution is 2.17. The molecule has 1 heterocycles. The van der Waals surface area contributed by atoms with Gasteiger partial charge in [0.2, 0.25) is 5.91 Å². The van der Waals surface area contributed by atoms with Crippen molar-refractivity contribution >= 4 is 22.7 Å². The van der Waals surface area contributed by atoms with Gasteiger partial charge in [-0.1, -0.05) is 66.7 Å². The van der Waals surface area contributed by atoms with E-state index in [2.05, 4.69) is 15.6 Å². The molecule has 148 valence electrons. The van der Waals surface area contributed by atoms with Gasteiger partial charge in [-0.3, -0.25) is 14.6 Å². The largest absolute Gasteiger partial charge is 0.350 e. The van der Waals surface area contributed by atoms with Crippen LogP contribution in [-0.4, -0.2) is 16.8 Å². The fourth-order valence-corrected chi connectivity index (χ4v) is 3.26. The highest BCUT2D eigenvalue weighted by molar-refractivity contribution is 6.00. The minimum atomic E-state index is -0.799. The molecule has 2 N–H and O–H groups in total. The molecule has 30 heavy (non-hydrogen) atoms. The summed E-state index contributed by atoms with van der Waals surface area (Å²) in [7, 11) is 0. The first-order chi connectivity index (χ1) is 14.7. The van der Waals surface area contributed by atoms with Gasteiger partial charge in [0.1, 0.15) is 6.04 Å². The number of benzene rings is 3. The Kier molecular flexibility index (Phi) is 5.80. The predicted octanol–water partition coefficient (Wildman–Crippen LogP) is 4.02. The van der Waals surface area contributed by atoms with Crippen molar-refractivity contribution in [1.29, 1.82) is 0 Å². The average Bonchev–Trinajstić information content (AvgIpc) is 2.81. The number of pyridine rings is 1. The molecule has 0 saturated carbocycles. The number of amides is 2. The van der Waals surface area contributed by atoms with E-state index >= 15 is 0 Å². The van der Waals surface area contributed by atoms with Gasteiger partial charge in [0.05, 0.1) is 5.52 Å². The van der Waals surface area contributed by atoms with E-state index < -0.39 is 6.04 Å². The van der Waals surface area contributed by atoms with E-state index in [0.29, 0.717) is 12.1 Å². The quantitative estimate of drug-likeness (QED) is 0.518. The fraction of sp³-hybridized carbons (Fsp3) is 0.0800. The van der Waals surface area contributed by atoms with Gasteiger partial charge in [0, 0.05) is 23.7 Å². The molecule has 0 fully saturated rings. The smallest absolute Gasteiger partial charge is 0.252 e. The van der Waals surface area contributed by atoms with Crippen LogP contribution in [0, 0.1) is 0 Å². The van der Waals surface area contributed by atoms with Crippen molar-refractivity contribution < 1.29 is 9.59 Å². The lowest BCUT2D eigenvalue weighted by molar-refractivity contribution is -0.123. The van der Waals surface area contributed by atoms with Crippen LogP contribution in [0.1, 0.15) is 27.5 Å². The van der Waals surface area contributed by atoms with Gasteiger partial charge in [0.25, 0.3) is 5.91 Å². The maximum Gasteiger partial charge on any atom is 0.252 e. The summed E-state index contributed by atoms with van der Waals surface area (Å²) in [6.07, 6.45) is 1.71. The molecular weight excluding hydrogens is 374 g/mol. The van der Waals surface area contributed by atoms with E-state index in [4.69, 9.17) is 0 Å². The molecule has 0 radical (unpaired) electrons. The molecule has 0 saturated heterocycles. The second kappa shape index (κ2) is 9.01. The van der Waals surface area contributed by atoms with Crippen LogP contribution in [0.3, 0.4) is 0 Å². The topological polar surface area (TPSA) is 71.1 Å². The maximum absolute atomic E-state index is 13.0. The molecular formula is C25H21N3O2. The van der Waals surface area contributed by atoms with Crippen LogP contribution in [0.15, 0.2) is 97.2 Å². The second-order valence-electron chi connectivity index (χ2n) is 6.93. The molecule has 0 aliphatic carbocycles. The Labute approximate surface area is 174 Å². The number of nitrogens with one attached hydrogen (secondary N) is 2. The first-order valence-corrected chi connectivity index (χ1v) is 9.73. The SMILES string of the molecule is O=C(NC(C(=O)NCc1ccccc1)c1ccccc1)c1ccc2ncccc2c1.